The molecule has 0 radical (unpaired) electrons. The third kappa shape index (κ3) is 3.63. The van der Waals surface area contributed by atoms with E-state index in [1.807, 2.05) is 19.9 Å². The minimum Gasteiger partial charge on any atom is -0.494 e. The maximum Gasteiger partial charge on any atom is 0.167 e. The zero-order valence-corrected chi connectivity index (χ0v) is 15.5. The van der Waals surface area contributed by atoms with E-state index in [-0.39, 0.29) is 11.6 Å². The molecule has 0 atom stereocenters. The highest BCUT2D eigenvalue weighted by Gasteiger charge is 2.22. The van der Waals surface area contributed by atoms with Gasteiger partial charge in [0.25, 0.3) is 0 Å². The van der Waals surface area contributed by atoms with Gasteiger partial charge < -0.3 is 14.5 Å². The molecule has 1 aromatic carbocycles. The summed E-state index contributed by atoms with van der Waals surface area (Å²) in [5, 5.41) is 0.515. The molecule has 7 heteroatoms. The van der Waals surface area contributed by atoms with E-state index in [0.717, 1.165) is 55.5 Å². The number of benzene rings is 1. The van der Waals surface area contributed by atoms with Gasteiger partial charge in [0, 0.05) is 49.9 Å². The molecular formula is C18H22ClFN4O. The van der Waals surface area contributed by atoms with Crippen molar-refractivity contribution in [2.45, 2.75) is 20.3 Å². The monoisotopic (exact) mass is 364 g/mol. The van der Waals surface area contributed by atoms with Crippen LogP contribution in [0.4, 0.5) is 15.9 Å². The fraction of sp³-hybridized carbons (Fsp3) is 0.444. The van der Waals surface area contributed by atoms with Gasteiger partial charge in [-0.1, -0.05) is 18.5 Å². The van der Waals surface area contributed by atoms with Gasteiger partial charge in [0.15, 0.2) is 11.6 Å². The van der Waals surface area contributed by atoms with Crippen LogP contribution in [-0.4, -0.2) is 43.3 Å². The Morgan fingerprint density at radius 2 is 1.84 bits per heavy atom. The van der Waals surface area contributed by atoms with E-state index in [0.29, 0.717) is 5.15 Å². The second kappa shape index (κ2) is 7.44. The van der Waals surface area contributed by atoms with Crippen LogP contribution < -0.4 is 14.5 Å². The molecule has 5 nitrogen and oxygen atoms in total. The molecule has 1 fully saturated rings. The molecule has 0 N–H and O–H groups in total. The van der Waals surface area contributed by atoms with Gasteiger partial charge in [0.2, 0.25) is 0 Å². The lowest BCUT2D eigenvalue weighted by Crippen LogP contribution is -2.47. The zero-order chi connectivity index (χ0) is 18.0. The Kier molecular flexibility index (Phi) is 5.27. The molecule has 0 spiro atoms. The van der Waals surface area contributed by atoms with Crippen LogP contribution in [0.5, 0.6) is 5.75 Å². The Morgan fingerprint density at radius 3 is 2.44 bits per heavy atom. The molecular weight excluding hydrogens is 343 g/mol. The largest absolute Gasteiger partial charge is 0.494 e. The number of ether oxygens (including phenoxy) is 1. The third-order valence-corrected chi connectivity index (χ3v) is 4.87. The van der Waals surface area contributed by atoms with E-state index in [9.17, 15) is 4.39 Å². The first-order valence-electron chi connectivity index (χ1n) is 8.40. The molecule has 1 aliphatic rings. The number of halogens is 2. The van der Waals surface area contributed by atoms with Crippen molar-refractivity contribution in [2.75, 3.05) is 43.1 Å². The average Bonchev–Trinajstić information content (AvgIpc) is 2.64. The van der Waals surface area contributed by atoms with Gasteiger partial charge >= 0.3 is 0 Å². The van der Waals surface area contributed by atoms with Gasteiger partial charge in [-0.2, -0.15) is 0 Å². The minimum absolute atomic E-state index is 0.265. The lowest BCUT2D eigenvalue weighted by atomic mass is 10.2. The number of piperazine rings is 1. The number of nitrogens with zero attached hydrogens (tertiary/aromatic N) is 4. The van der Waals surface area contributed by atoms with Crippen LogP contribution in [0.3, 0.4) is 0 Å². The second-order valence-corrected chi connectivity index (χ2v) is 6.38. The van der Waals surface area contributed by atoms with Crippen molar-refractivity contribution in [3.63, 3.8) is 0 Å². The van der Waals surface area contributed by atoms with Crippen molar-refractivity contribution in [3.8, 4) is 5.75 Å². The van der Waals surface area contributed by atoms with Crippen LogP contribution >= 0.6 is 11.6 Å². The summed E-state index contributed by atoms with van der Waals surface area (Å²) < 4.78 is 18.9. The lowest BCUT2D eigenvalue weighted by molar-refractivity contribution is 0.386. The highest BCUT2D eigenvalue weighted by molar-refractivity contribution is 6.30. The molecule has 0 amide bonds. The molecule has 3 rings (SSSR count). The Balaban J connectivity index is 1.74. The number of methoxy groups -OCH3 is 1. The summed E-state index contributed by atoms with van der Waals surface area (Å²) in [6, 6.07) is 5.08. The van der Waals surface area contributed by atoms with Gasteiger partial charge in [-0.25, -0.2) is 14.4 Å². The average molecular weight is 365 g/mol. The summed E-state index contributed by atoms with van der Waals surface area (Å²) in [5.41, 5.74) is 1.77. The summed E-state index contributed by atoms with van der Waals surface area (Å²) >= 11 is 6.25. The van der Waals surface area contributed by atoms with Gasteiger partial charge in [0.05, 0.1) is 7.11 Å². The summed E-state index contributed by atoms with van der Waals surface area (Å²) in [7, 11) is 1.47. The van der Waals surface area contributed by atoms with Crippen molar-refractivity contribution in [2.24, 2.45) is 0 Å². The normalized spacial score (nSPS) is 14.8. The molecule has 0 bridgehead atoms. The first kappa shape index (κ1) is 17.7. The van der Waals surface area contributed by atoms with Crippen molar-refractivity contribution in [1.82, 2.24) is 9.97 Å². The van der Waals surface area contributed by atoms with E-state index in [1.54, 1.807) is 6.07 Å². The SMILES string of the molecule is CCc1nc(Cl)c(C)c(N2CCN(c3ccc(OC)c(F)c3)CC2)n1. The number of hydrogen-bond donors (Lipinski definition) is 0. The standard InChI is InChI=1S/C18H22ClFN4O/c1-4-16-21-17(19)12(2)18(22-16)24-9-7-23(8-10-24)13-5-6-15(25-3)14(20)11-13/h5-6,11H,4,7-10H2,1-3H3. The topological polar surface area (TPSA) is 41.5 Å². The van der Waals surface area contributed by atoms with Crippen LogP contribution in [0.1, 0.15) is 18.3 Å². The first-order valence-corrected chi connectivity index (χ1v) is 8.77. The highest BCUT2D eigenvalue weighted by Crippen LogP contribution is 2.27. The second-order valence-electron chi connectivity index (χ2n) is 6.03. The van der Waals surface area contributed by atoms with Crippen LogP contribution in [0.15, 0.2) is 18.2 Å². The number of rotatable bonds is 4. The quantitative estimate of drug-likeness (QED) is 0.777. The fourth-order valence-electron chi connectivity index (χ4n) is 3.01. The third-order valence-electron chi connectivity index (χ3n) is 4.50. The molecule has 134 valence electrons. The zero-order valence-electron chi connectivity index (χ0n) is 14.7. The van der Waals surface area contributed by atoms with Crippen LogP contribution in [-0.2, 0) is 6.42 Å². The number of aryl methyl sites for hydroxylation is 1. The molecule has 2 aromatic rings. The van der Waals surface area contributed by atoms with Crippen LogP contribution in [0, 0.1) is 12.7 Å². The highest BCUT2D eigenvalue weighted by atomic mass is 35.5. The predicted molar refractivity (Wildman–Crippen MR) is 98.5 cm³/mol. The minimum atomic E-state index is -0.339. The van der Waals surface area contributed by atoms with E-state index >= 15 is 0 Å². The molecule has 0 saturated carbocycles. The Hall–Kier alpha value is -2.08. The molecule has 25 heavy (non-hydrogen) atoms. The van der Waals surface area contributed by atoms with E-state index in [1.165, 1.54) is 13.2 Å². The van der Waals surface area contributed by atoms with E-state index in [4.69, 9.17) is 16.3 Å². The van der Waals surface area contributed by atoms with Crippen LogP contribution in [0.25, 0.3) is 0 Å². The van der Waals surface area contributed by atoms with Crippen molar-refractivity contribution in [1.29, 1.82) is 0 Å². The summed E-state index contributed by atoms with van der Waals surface area (Å²) in [5.74, 6) is 1.58. The summed E-state index contributed by atoms with van der Waals surface area (Å²) in [6.07, 6.45) is 0.748. The summed E-state index contributed by atoms with van der Waals surface area (Å²) in [6.45, 7) is 7.13. The molecule has 0 aliphatic carbocycles. The van der Waals surface area contributed by atoms with E-state index in [2.05, 4.69) is 19.8 Å². The lowest BCUT2D eigenvalue weighted by Gasteiger charge is -2.37. The maximum atomic E-state index is 13.9. The molecule has 2 heterocycles. The van der Waals surface area contributed by atoms with Crippen LogP contribution in [0.2, 0.25) is 5.15 Å². The van der Waals surface area contributed by atoms with Gasteiger partial charge in [-0.15, -0.1) is 0 Å². The number of hydrogen-bond acceptors (Lipinski definition) is 5. The smallest absolute Gasteiger partial charge is 0.167 e. The number of anilines is 2. The summed E-state index contributed by atoms with van der Waals surface area (Å²) in [4.78, 5) is 13.3. The van der Waals surface area contributed by atoms with Crippen molar-refractivity contribution < 1.29 is 9.13 Å². The predicted octanol–water partition coefficient (Wildman–Crippen LogP) is 3.48. The molecule has 0 unspecified atom stereocenters. The first-order chi connectivity index (χ1) is 12.0. The molecule has 1 aliphatic heterocycles. The Morgan fingerprint density at radius 1 is 1.16 bits per heavy atom. The van der Waals surface area contributed by atoms with Gasteiger partial charge in [-0.3, -0.25) is 0 Å². The van der Waals surface area contributed by atoms with Gasteiger partial charge in [-0.05, 0) is 19.1 Å². The molecule has 1 aromatic heterocycles. The van der Waals surface area contributed by atoms with E-state index < -0.39 is 0 Å². The molecule has 1 saturated heterocycles. The fourth-order valence-corrected chi connectivity index (χ4v) is 3.20. The number of aromatic nitrogens is 2. The van der Waals surface area contributed by atoms with Gasteiger partial charge in [0.1, 0.15) is 16.8 Å². The van der Waals surface area contributed by atoms with Crippen molar-refractivity contribution in [3.05, 3.63) is 40.6 Å². The maximum absolute atomic E-state index is 13.9. The Bertz CT molecular complexity index is 763. The van der Waals surface area contributed by atoms with Crippen molar-refractivity contribution >= 4 is 23.1 Å². The Labute approximate surface area is 152 Å².